The summed E-state index contributed by atoms with van der Waals surface area (Å²) >= 11 is 6.15. The molecule has 1 aromatic heterocycles. The quantitative estimate of drug-likeness (QED) is 0.428. The van der Waals surface area contributed by atoms with Gasteiger partial charge in [-0.15, -0.1) is 0 Å². The third-order valence-electron chi connectivity index (χ3n) is 3.91. The molecule has 3 aromatic carbocycles. The van der Waals surface area contributed by atoms with Gasteiger partial charge >= 0.3 is 0 Å². The second kappa shape index (κ2) is 5.86. The smallest absolute Gasteiger partial charge is 0.0788 e. The van der Waals surface area contributed by atoms with E-state index in [1.807, 2.05) is 54.6 Å². The van der Waals surface area contributed by atoms with E-state index >= 15 is 0 Å². The van der Waals surface area contributed by atoms with E-state index in [0.29, 0.717) is 0 Å². The molecular formula is C21H14ClN. The highest BCUT2D eigenvalue weighted by Crippen LogP contribution is 2.33. The molecule has 0 atom stereocenters. The second-order valence-corrected chi connectivity index (χ2v) is 5.89. The summed E-state index contributed by atoms with van der Waals surface area (Å²) in [5.74, 6) is 0. The van der Waals surface area contributed by atoms with Crippen LogP contribution in [0, 0.1) is 0 Å². The van der Waals surface area contributed by atoms with Crippen molar-refractivity contribution in [3.8, 4) is 22.4 Å². The lowest BCUT2D eigenvalue weighted by Gasteiger charge is -2.11. The Hall–Kier alpha value is -2.64. The van der Waals surface area contributed by atoms with Crippen molar-refractivity contribution in [1.29, 1.82) is 0 Å². The minimum Gasteiger partial charge on any atom is -0.247 e. The van der Waals surface area contributed by atoms with Gasteiger partial charge in [0, 0.05) is 21.5 Å². The van der Waals surface area contributed by atoms with Crippen molar-refractivity contribution in [1.82, 2.24) is 4.98 Å². The largest absolute Gasteiger partial charge is 0.247 e. The van der Waals surface area contributed by atoms with Gasteiger partial charge < -0.3 is 0 Å². The molecule has 110 valence electrons. The number of fused-ring (bicyclic) bond motifs is 1. The van der Waals surface area contributed by atoms with E-state index < -0.39 is 0 Å². The van der Waals surface area contributed by atoms with Crippen LogP contribution in [0.2, 0.25) is 5.02 Å². The molecule has 0 saturated carbocycles. The minimum absolute atomic E-state index is 0.728. The predicted octanol–water partition coefficient (Wildman–Crippen LogP) is 6.22. The summed E-state index contributed by atoms with van der Waals surface area (Å²) in [5.41, 5.74) is 5.33. The topological polar surface area (TPSA) is 12.9 Å². The van der Waals surface area contributed by atoms with Crippen molar-refractivity contribution in [2.75, 3.05) is 0 Å². The Morgan fingerprint density at radius 3 is 2.00 bits per heavy atom. The Kier molecular flexibility index (Phi) is 3.57. The van der Waals surface area contributed by atoms with Gasteiger partial charge in [-0.2, -0.15) is 0 Å². The Balaban J connectivity index is 2.04. The summed E-state index contributed by atoms with van der Waals surface area (Å²) in [6.07, 6.45) is 0. The Labute approximate surface area is 140 Å². The van der Waals surface area contributed by atoms with Crippen LogP contribution in [0.25, 0.3) is 33.3 Å². The lowest BCUT2D eigenvalue weighted by molar-refractivity contribution is 1.39. The number of nitrogens with zero attached hydrogens (tertiary/aromatic N) is 1. The van der Waals surface area contributed by atoms with Crippen molar-refractivity contribution >= 4 is 22.5 Å². The zero-order valence-electron chi connectivity index (χ0n) is 12.4. The van der Waals surface area contributed by atoms with Gasteiger partial charge in [-0.05, 0) is 29.8 Å². The molecule has 0 unspecified atom stereocenters. The van der Waals surface area contributed by atoms with Gasteiger partial charge in [0.1, 0.15) is 0 Å². The highest BCUT2D eigenvalue weighted by Gasteiger charge is 2.11. The first kappa shape index (κ1) is 14.0. The molecule has 0 fully saturated rings. The first-order valence-electron chi connectivity index (χ1n) is 7.52. The molecule has 0 aliphatic heterocycles. The molecular weight excluding hydrogens is 302 g/mol. The van der Waals surface area contributed by atoms with Gasteiger partial charge in [0.25, 0.3) is 0 Å². The SMILES string of the molecule is Clc1ccc2nc(-c3ccccc3)c(-c3ccccc3)cc2c1. The lowest BCUT2D eigenvalue weighted by Crippen LogP contribution is -1.91. The third-order valence-corrected chi connectivity index (χ3v) is 4.14. The van der Waals surface area contributed by atoms with E-state index in [2.05, 4.69) is 30.3 Å². The summed E-state index contributed by atoms with van der Waals surface area (Å²) in [6, 6.07) is 28.6. The van der Waals surface area contributed by atoms with Crippen LogP contribution >= 0.6 is 11.6 Å². The fraction of sp³-hybridized carbons (Fsp3) is 0. The minimum atomic E-state index is 0.728. The molecule has 4 rings (SSSR count). The monoisotopic (exact) mass is 315 g/mol. The average molecular weight is 316 g/mol. The summed E-state index contributed by atoms with van der Waals surface area (Å²) in [4.78, 5) is 4.90. The van der Waals surface area contributed by atoms with Crippen LogP contribution in [-0.2, 0) is 0 Å². The van der Waals surface area contributed by atoms with Crippen LogP contribution in [0.15, 0.2) is 84.9 Å². The van der Waals surface area contributed by atoms with Crippen LogP contribution in [0.5, 0.6) is 0 Å². The molecule has 0 aliphatic rings. The Bertz CT molecular complexity index is 963. The van der Waals surface area contributed by atoms with Gasteiger partial charge in [-0.25, -0.2) is 4.98 Å². The van der Waals surface area contributed by atoms with Crippen LogP contribution < -0.4 is 0 Å². The van der Waals surface area contributed by atoms with E-state index in [9.17, 15) is 0 Å². The first-order valence-corrected chi connectivity index (χ1v) is 7.90. The fourth-order valence-corrected chi connectivity index (χ4v) is 2.98. The molecule has 4 aromatic rings. The molecule has 0 saturated heterocycles. The van der Waals surface area contributed by atoms with Crippen molar-refractivity contribution in [3.05, 3.63) is 90.0 Å². The van der Waals surface area contributed by atoms with E-state index in [0.717, 1.165) is 38.3 Å². The third kappa shape index (κ3) is 2.71. The average Bonchev–Trinajstić information content (AvgIpc) is 2.62. The maximum absolute atomic E-state index is 6.15. The number of pyridine rings is 1. The molecule has 1 nitrogen and oxygen atoms in total. The molecule has 0 bridgehead atoms. The normalized spacial score (nSPS) is 10.8. The molecule has 1 heterocycles. The summed E-state index contributed by atoms with van der Waals surface area (Å²) in [5, 5.41) is 1.78. The Morgan fingerprint density at radius 2 is 1.30 bits per heavy atom. The molecule has 0 radical (unpaired) electrons. The number of halogens is 1. The number of hydrogen-bond donors (Lipinski definition) is 0. The number of aromatic nitrogens is 1. The fourth-order valence-electron chi connectivity index (χ4n) is 2.80. The van der Waals surface area contributed by atoms with E-state index in [-0.39, 0.29) is 0 Å². The van der Waals surface area contributed by atoms with Crippen LogP contribution in [0.3, 0.4) is 0 Å². The van der Waals surface area contributed by atoms with Gasteiger partial charge in [-0.3, -0.25) is 0 Å². The molecule has 0 amide bonds. The molecule has 2 heteroatoms. The summed E-state index contributed by atoms with van der Waals surface area (Å²) < 4.78 is 0. The number of benzene rings is 3. The maximum Gasteiger partial charge on any atom is 0.0788 e. The van der Waals surface area contributed by atoms with Crippen molar-refractivity contribution in [3.63, 3.8) is 0 Å². The Morgan fingerprint density at radius 1 is 0.652 bits per heavy atom. The predicted molar refractivity (Wildman–Crippen MR) is 97.6 cm³/mol. The highest BCUT2D eigenvalue weighted by atomic mass is 35.5. The zero-order chi connectivity index (χ0) is 15.6. The lowest BCUT2D eigenvalue weighted by atomic mass is 9.97. The van der Waals surface area contributed by atoms with E-state index in [4.69, 9.17) is 16.6 Å². The zero-order valence-corrected chi connectivity index (χ0v) is 13.2. The summed E-state index contributed by atoms with van der Waals surface area (Å²) in [6.45, 7) is 0. The molecule has 23 heavy (non-hydrogen) atoms. The van der Waals surface area contributed by atoms with Crippen LogP contribution in [0.1, 0.15) is 0 Å². The first-order chi connectivity index (χ1) is 11.3. The van der Waals surface area contributed by atoms with Gasteiger partial charge in [0.2, 0.25) is 0 Å². The van der Waals surface area contributed by atoms with Crippen LogP contribution in [0.4, 0.5) is 0 Å². The standard InChI is InChI=1S/C21H14ClN/c22-18-11-12-20-17(13-18)14-19(15-7-3-1-4-8-15)21(23-20)16-9-5-2-6-10-16/h1-14H. The molecule has 0 aliphatic carbocycles. The van der Waals surface area contributed by atoms with E-state index in [1.54, 1.807) is 0 Å². The van der Waals surface area contributed by atoms with Gasteiger partial charge in [0.05, 0.1) is 11.2 Å². The van der Waals surface area contributed by atoms with Crippen LogP contribution in [-0.4, -0.2) is 4.98 Å². The van der Waals surface area contributed by atoms with Gasteiger partial charge in [0.15, 0.2) is 0 Å². The van der Waals surface area contributed by atoms with Crippen molar-refractivity contribution in [2.24, 2.45) is 0 Å². The van der Waals surface area contributed by atoms with E-state index in [1.165, 1.54) is 0 Å². The van der Waals surface area contributed by atoms with Gasteiger partial charge in [-0.1, -0.05) is 72.3 Å². The summed E-state index contributed by atoms with van der Waals surface area (Å²) in [7, 11) is 0. The molecule has 0 spiro atoms. The second-order valence-electron chi connectivity index (χ2n) is 5.45. The number of rotatable bonds is 2. The maximum atomic E-state index is 6.15. The molecule has 0 N–H and O–H groups in total. The highest BCUT2D eigenvalue weighted by molar-refractivity contribution is 6.31. The number of hydrogen-bond acceptors (Lipinski definition) is 1. The van der Waals surface area contributed by atoms with Crippen molar-refractivity contribution < 1.29 is 0 Å². The van der Waals surface area contributed by atoms with Crippen molar-refractivity contribution in [2.45, 2.75) is 0 Å².